The Morgan fingerprint density at radius 2 is 1.92 bits per heavy atom. The predicted molar refractivity (Wildman–Crippen MR) is 106 cm³/mol. The van der Waals surface area contributed by atoms with Crippen LogP contribution in [0.1, 0.15) is 81.8 Å². The van der Waals surface area contributed by atoms with Gasteiger partial charge in [-0.2, -0.15) is 0 Å². The minimum atomic E-state index is 0.402. The molecule has 5 rings (SSSR count). The first-order chi connectivity index (χ1) is 12.7. The standard InChI is InChI=1S/C25H32O/c1-3-18-9-13-24-23-11-8-17-16-20(26-19-6-4-5-7-19)10-12-21(17)22(23)14-15-25(18,24)2/h1,10,12,16,18-19,22-24H,4-9,11,13-15H2,2H3/t18-,22-,23-,24+,25-/m1/s1. The topological polar surface area (TPSA) is 9.23 Å². The third-order valence-corrected chi connectivity index (χ3v) is 8.50. The summed E-state index contributed by atoms with van der Waals surface area (Å²) >= 11 is 0. The van der Waals surface area contributed by atoms with Crippen LogP contribution in [-0.2, 0) is 6.42 Å². The molecule has 0 unspecified atom stereocenters. The van der Waals surface area contributed by atoms with Gasteiger partial charge in [-0.1, -0.05) is 13.0 Å². The first-order valence-electron chi connectivity index (χ1n) is 10.9. The van der Waals surface area contributed by atoms with E-state index in [1.807, 2.05) is 0 Å². The third-order valence-electron chi connectivity index (χ3n) is 8.50. The second-order valence-corrected chi connectivity index (χ2v) is 9.64. The van der Waals surface area contributed by atoms with Gasteiger partial charge in [0.2, 0.25) is 0 Å². The second kappa shape index (κ2) is 6.33. The Labute approximate surface area is 158 Å². The van der Waals surface area contributed by atoms with Crippen molar-refractivity contribution in [2.45, 2.75) is 83.2 Å². The zero-order valence-corrected chi connectivity index (χ0v) is 16.2. The number of terminal acetylenes is 1. The molecule has 1 nitrogen and oxygen atoms in total. The van der Waals surface area contributed by atoms with Crippen LogP contribution >= 0.6 is 0 Å². The average molecular weight is 349 g/mol. The smallest absolute Gasteiger partial charge is 0.120 e. The van der Waals surface area contributed by atoms with Gasteiger partial charge in [0.25, 0.3) is 0 Å². The highest BCUT2D eigenvalue weighted by Gasteiger charge is 2.54. The van der Waals surface area contributed by atoms with Crippen molar-refractivity contribution in [1.29, 1.82) is 0 Å². The summed E-state index contributed by atoms with van der Waals surface area (Å²) in [5.41, 5.74) is 3.60. The Morgan fingerprint density at radius 1 is 1.08 bits per heavy atom. The fourth-order valence-corrected chi connectivity index (χ4v) is 7.10. The van der Waals surface area contributed by atoms with Gasteiger partial charge in [-0.15, -0.1) is 12.3 Å². The highest BCUT2D eigenvalue weighted by atomic mass is 16.5. The zero-order chi connectivity index (χ0) is 17.7. The monoisotopic (exact) mass is 348 g/mol. The van der Waals surface area contributed by atoms with Crippen LogP contribution < -0.4 is 4.74 Å². The van der Waals surface area contributed by atoms with Crippen LogP contribution in [0.15, 0.2) is 18.2 Å². The van der Waals surface area contributed by atoms with Crippen LogP contribution in [0.5, 0.6) is 5.75 Å². The molecule has 0 aliphatic heterocycles. The summed E-state index contributed by atoms with van der Waals surface area (Å²) in [7, 11) is 0. The molecular formula is C25H32O. The molecule has 1 aromatic carbocycles. The maximum absolute atomic E-state index is 6.27. The van der Waals surface area contributed by atoms with E-state index in [-0.39, 0.29) is 0 Å². The van der Waals surface area contributed by atoms with Crippen LogP contribution in [0.4, 0.5) is 0 Å². The molecule has 0 radical (unpaired) electrons. The number of aryl methyl sites for hydroxylation is 1. The molecular weight excluding hydrogens is 316 g/mol. The van der Waals surface area contributed by atoms with Crippen molar-refractivity contribution in [2.75, 3.05) is 0 Å². The largest absolute Gasteiger partial charge is 0.490 e. The van der Waals surface area contributed by atoms with Crippen molar-refractivity contribution in [3.05, 3.63) is 29.3 Å². The van der Waals surface area contributed by atoms with Crippen LogP contribution in [0.3, 0.4) is 0 Å². The Morgan fingerprint density at radius 3 is 2.73 bits per heavy atom. The van der Waals surface area contributed by atoms with Crippen LogP contribution in [0.25, 0.3) is 0 Å². The summed E-state index contributed by atoms with van der Waals surface area (Å²) in [6, 6.07) is 7.04. The molecule has 1 heteroatoms. The van der Waals surface area contributed by atoms with Gasteiger partial charge >= 0.3 is 0 Å². The summed E-state index contributed by atoms with van der Waals surface area (Å²) in [5.74, 6) is 7.21. The quantitative estimate of drug-likeness (QED) is 0.586. The van der Waals surface area contributed by atoms with E-state index in [4.69, 9.17) is 11.2 Å². The number of fused-ring (bicyclic) bond motifs is 5. The number of rotatable bonds is 2. The van der Waals surface area contributed by atoms with Gasteiger partial charge in [-0.3, -0.25) is 0 Å². The summed E-state index contributed by atoms with van der Waals surface area (Å²) in [4.78, 5) is 0. The summed E-state index contributed by atoms with van der Waals surface area (Å²) in [5, 5.41) is 0. The van der Waals surface area contributed by atoms with Gasteiger partial charge in [0.15, 0.2) is 0 Å². The number of ether oxygens (including phenoxy) is 1. The molecule has 0 aromatic heterocycles. The first kappa shape index (κ1) is 16.7. The van der Waals surface area contributed by atoms with Crippen molar-refractivity contribution in [2.24, 2.45) is 23.2 Å². The molecule has 4 aliphatic carbocycles. The van der Waals surface area contributed by atoms with E-state index >= 15 is 0 Å². The lowest BCUT2D eigenvalue weighted by molar-refractivity contribution is 0.0432. The van der Waals surface area contributed by atoms with Crippen LogP contribution in [0, 0.1) is 35.5 Å². The first-order valence-corrected chi connectivity index (χ1v) is 10.9. The van der Waals surface area contributed by atoms with Crippen molar-refractivity contribution < 1.29 is 4.74 Å². The van der Waals surface area contributed by atoms with E-state index in [0.29, 0.717) is 17.4 Å². The van der Waals surface area contributed by atoms with E-state index in [2.05, 4.69) is 31.0 Å². The summed E-state index contributed by atoms with van der Waals surface area (Å²) in [6.07, 6.45) is 19.3. The van der Waals surface area contributed by atoms with Crippen molar-refractivity contribution in [3.8, 4) is 18.1 Å². The second-order valence-electron chi connectivity index (χ2n) is 9.64. The number of hydrogen-bond acceptors (Lipinski definition) is 1. The minimum absolute atomic E-state index is 0.402. The van der Waals surface area contributed by atoms with E-state index < -0.39 is 0 Å². The zero-order valence-electron chi connectivity index (χ0n) is 16.2. The Hall–Kier alpha value is -1.42. The molecule has 4 aliphatic rings. The fourth-order valence-electron chi connectivity index (χ4n) is 7.10. The number of hydrogen-bond donors (Lipinski definition) is 0. The normalized spacial score (nSPS) is 38.9. The maximum Gasteiger partial charge on any atom is 0.120 e. The molecule has 0 amide bonds. The van der Waals surface area contributed by atoms with Gasteiger partial charge in [-0.05, 0) is 111 Å². The molecule has 26 heavy (non-hydrogen) atoms. The maximum atomic E-state index is 6.27. The fraction of sp³-hybridized carbons (Fsp3) is 0.680. The van der Waals surface area contributed by atoms with Gasteiger partial charge < -0.3 is 4.74 Å². The molecule has 5 atom stereocenters. The molecule has 0 bridgehead atoms. The summed E-state index contributed by atoms with van der Waals surface area (Å²) < 4.78 is 6.27. The Balaban J connectivity index is 1.38. The van der Waals surface area contributed by atoms with Crippen LogP contribution in [-0.4, -0.2) is 6.10 Å². The van der Waals surface area contributed by atoms with Crippen molar-refractivity contribution >= 4 is 0 Å². The molecule has 0 saturated heterocycles. The molecule has 0 heterocycles. The molecule has 3 saturated carbocycles. The van der Waals surface area contributed by atoms with Crippen molar-refractivity contribution in [1.82, 2.24) is 0 Å². The molecule has 0 N–H and O–H groups in total. The molecule has 3 fully saturated rings. The molecule has 0 spiro atoms. The van der Waals surface area contributed by atoms with Gasteiger partial charge in [0.05, 0.1) is 6.10 Å². The van der Waals surface area contributed by atoms with Gasteiger partial charge in [-0.25, -0.2) is 0 Å². The summed E-state index contributed by atoms with van der Waals surface area (Å²) in [6.45, 7) is 2.50. The van der Waals surface area contributed by atoms with E-state index in [9.17, 15) is 0 Å². The SMILES string of the molecule is C#C[C@@H]1CC[C@H]2[C@@H]3CCc4cc(OC5CCCC5)ccc4[C@H]3CC[C@]12C. The van der Waals surface area contributed by atoms with Crippen LogP contribution in [0.2, 0.25) is 0 Å². The highest BCUT2D eigenvalue weighted by Crippen LogP contribution is 2.62. The predicted octanol–water partition coefficient (Wildman–Crippen LogP) is 6.11. The van der Waals surface area contributed by atoms with Gasteiger partial charge in [0, 0.05) is 5.92 Å². The minimum Gasteiger partial charge on any atom is -0.490 e. The lowest BCUT2D eigenvalue weighted by Crippen LogP contribution is -2.42. The van der Waals surface area contributed by atoms with E-state index in [1.54, 1.807) is 11.1 Å². The third kappa shape index (κ3) is 2.52. The number of benzene rings is 1. The van der Waals surface area contributed by atoms with Crippen molar-refractivity contribution in [3.63, 3.8) is 0 Å². The average Bonchev–Trinajstić information content (AvgIpc) is 3.28. The Kier molecular flexibility index (Phi) is 4.07. The molecule has 138 valence electrons. The molecule has 1 aromatic rings. The van der Waals surface area contributed by atoms with E-state index in [1.165, 1.54) is 64.2 Å². The van der Waals surface area contributed by atoms with E-state index in [0.717, 1.165) is 23.5 Å². The van der Waals surface area contributed by atoms with Gasteiger partial charge in [0.1, 0.15) is 5.75 Å². The Bertz CT molecular complexity index is 722. The lowest BCUT2D eigenvalue weighted by atomic mass is 9.54. The lowest BCUT2D eigenvalue weighted by Gasteiger charge is -2.50. The highest BCUT2D eigenvalue weighted by molar-refractivity contribution is 5.41.